The Hall–Kier alpha value is -1.31. The van der Waals surface area contributed by atoms with Gasteiger partial charge in [0.1, 0.15) is 5.82 Å². The number of halogens is 1. The summed E-state index contributed by atoms with van der Waals surface area (Å²) < 4.78 is 13.1. The van der Waals surface area contributed by atoms with Crippen molar-refractivity contribution < 1.29 is 4.39 Å². The first kappa shape index (κ1) is 8.78. The van der Waals surface area contributed by atoms with Crippen LogP contribution in [0.25, 0.3) is 5.70 Å². The summed E-state index contributed by atoms with van der Waals surface area (Å²) in [7, 11) is 1.78. The minimum absolute atomic E-state index is 0.194. The fraction of sp³-hybridized carbons (Fsp3) is 0.200. The zero-order valence-electron chi connectivity index (χ0n) is 7.26. The van der Waals surface area contributed by atoms with Gasteiger partial charge in [-0.1, -0.05) is 18.2 Å². The van der Waals surface area contributed by atoms with Crippen molar-refractivity contribution in [3.8, 4) is 0 Å². The summed E-state index contributed by atoms with van der Waals surface area (Å²) in [6.07, 6.45) is 1.85. The lowest BCUT2D eigenvalue weighted by Gasteiger charge is -2.06. The molecule has 1 rings (SSSR count). The van der Waals surface area contributed by atoms with E-state index in [4.69, 9.17) is 0 Å². The molecule has 0 aromatic heterocycles. The molecular weight excluding hydrogens is 153 g/mol. The highest BCUT2D eigenvalue weighted by Crippen LogP contribution is 2.14. The summed E-state index contributed by atoms with van der Waals surface area (Å²) in [4.78, 5) is 0. The molecule has 1 aromatic rings. The Kier molecular flexibility index (Phi) is 2.86. The van der Waals surface area contributed by atoms with Crippen LogP contribution in [0.3, 0.4) is 0 Å². The lowest BCUT2D eigenvalue weighted by atomic mass is 10.1. The average Bonchev–Trinajstić information content (AvgIpc) is 2.10. The van der Waals surface area contributed by atoms with Crippen LogP contribution in [-0.4, -0.2) is 7.05 Å². The highest BCUT2D eigenvalue weighted by Gasteiger charge is 2.02. The molecule has 0 saturated carbocycles. The zero-order valence-corrected chi connectivity index (χ0v) is 7.26. The lowest BCUT2D eigenvalue weighted by molar-refractivity contribution is 0.622. The lowest BCUT2D eigenvalue weighted by Crippen LogP contribution is -2.05. The first-order valence-corrected chi connectivity index (χ1v) is 3.88. The van der Waals surface area contributed by atoms with Gasteiger partial charge in [-0.05, 0) is 19.1 Å². The smallest absolute Gasteiger partial charge is 0.132 e. The van der Waals surface area contributed by atoms with Gasteiger partial charge in [0, 0.05) is 18.3 Å². The van der Waals surface area contributed by atoms with E-state index < -0.39 is 0 Å². The molecule has 64 valence electrons. The summed E-state index contributed by atoms with van der Waals surface area (Å²) in [5.74, 6) is -0.194. The second-order valence-electron chi connectivity index (χ2n) is 2.43. The molecule has 0 atom stereocenters. The summed E-state index contributed by atoms with van der Waals surface area (Å²) >= 11 is 0. The highest BCUT2D eigenvalue weighted by molar-refractivity contribution is 5.63. The molecule has 0 saturated heterocycles. The molecule has 0 aliphatic heterocycles. The third-order valence-electron chi connectivity index (χ3n) is 1.72. The van der Waals surface area contributed by atoms with Gasteiger partial charge in [-0.15, -0.1) is 0 Å². The maximum absolute atomic E-state index is 13.1. The van der Waals surface area contributed by atoms with Crippen molar-refractivity contribution in [2.75, 3.05) is 7.05 Å². The Morgan fingerprint density at radius 1 is 1.42 bits per heavy atom. The number of rotatable bonds is 2. The van der Waals surface area contributed by atoms with E-state index in [9.17, 15) is 4.39 Å². The number of hydrogen-bond donors (Lipinski definition) is 1. The molecule has 2 heteroatoms. The van der Waals surface area contributed by atoms with Gasteiger partial charge < -0.3 is 5.32 Å². The van der Waals surface area contributed by atoms with Crippen molar-refractivity contribution in [1.29, 1.82) is 0 Å². The van der Waals surface area contributed by atoms with Gasteiger partial charge in [-0.3, -0.25) is 0 Å². The SMILES string of the molecule is C/C=C(\NC)c1ccccc1F. The first-order chi connectivity index (χ1) is 5.79. The molecule has 12 heavy (non-hydrogen) atoms. The van der Waals surface area contributed by atoms with E-state index in [2.05, 4.69) is 5.32 Å². The molecule has 0 heterocycles. The second-order valence-corrected chi connectivity index (χ2v) is 2.43. The fourth-order valence-electron chi connectivity index (χ4n) is 1.11. The van der Waals surface area contributed by atoms with Crippen LogP contribution in [-0.2, 0) is 0 Å². The van der Waals surface area contributed by atoms with Crippen LogP contribution < -0.4 is 5.32 Å². The van der Waals surface area contributed by atoms with Crippen LogP contribution in [0.15, 0.2) is 30.3 Å². The molecule has 0 bridgehead atoms. The van der Waals surface area contributed by atoms with Gasteiger partial charge in [0.25, 0.3) is 0 Å². The van der Waals surface area contributed by atoms with Crippen molar-refractivity contribution in [3.05, 3.63) is 41.7 Å². The van der Waals surface area contributed by atoms with Gasteiger partial charge in [0.05, 0.1) is 0 Å². The van der Waals surface area contributed by atoms with Crippen molar-refractivity contribution in [1.82, 2.24) is 5.32 Å². The fourth-order valence-corrected chi connectivity index (χ4v) is 1.11. The summed E-state index contributed by atoms with van der Waals surface area (Å²) in [5, 5.41) is 2.93. The van der Waals surface area contributed by atoms with Crippen molar-refractivity contribution in [2.45, 2.75) is 6.92 Å². The third kappa shape index (κ3) is 1.64. The quantitative estimate of drug-likeness (QED) is 0.709. The van der Waals surface area contributed by atoms with E-state index in [0.717, 1.165) is 5.70 Å². The number of nitrogens with one attached hydrogen (secondary N) is 1. The molecule has 0 spiro atoms. The Morgan fingerprint density at radius 2 is 2.08 bits per heavy atom. The van der Waals surface area contributed by atoms with Crippen LogP contribution in [0.5, 0.6) is 0 Å². The normalized spacial score (nSPS) is 11.4. The van der Waals surface area contributed by atoms with Crippen molar-refractivity contribution in [3.63, 3.8) is 0 Å². The predicted molar refractivity (Wildman–Crippen MR) is 49.1 cm³/mol. The summed E-state index contributed by atoms with van der Waals surface area (Å²) in [5.41, 5.74) is 1.43. The molecular formula is C10H12FN. The molecule has 1 aromatic carbocycles. The van der Waals surface area contributed by atoms with E-state index in [0.29, 0.717) is 5.56 Å². The average molecular weight is 165 g/mol. The summed E-state index contributed by atoms with van der Waals surface area (Å²) in [6.45, 7) is 1.87. The van der Waals surface area contributed by atoms with E-state index in [1.807, 2.05) is 19.1 Å². The molecule has 0 fully saturated rings. The third-order valence-corrected chi connectivity index (χ3v) is 1.72. The minimum atomic E-state index is -0.194. The summed E-state index contributed by atoms with van der Waals surface area (Å²) in [6, 6.07) is 6.71. The van der Waals surface area contributed by atoms with Crippen molar-refractivity contribution >= 4 is 5.70 Å². The van der Waals surface area contributed by atoms with Gasteiger partial charge in [0.2, 0.25) is 0 Å². The monoisotopic (exact) mass is 165 g/mol. The minimum Gasteiger partial charge on any atom is -0.388 e. The van der Waals surface area contributed by atoms with Crippen LogP contribution in [0, 0.1) is 5.82 Å². The van der Waals surface area contributed by atoms with Crippen molar-refractivity contribution in [2.24, 2.45) is 0 Å². The van der Waals surface area contributed by atoms with Gasteiger partial charge in [-0.25, -0.2) is 4.39 Å². The molecule has 0 amide bonds. The van der Waals surface area contributed by atoms with E-state index in [1.165, 1.54) is 6.07 Å². The first-order valence-electron chi connectivity index (χ1n) is 3.88. The maximum atomic E-state index is 13.1. The Balaban J connectivity index is 3.10. The van der Waals surface area contributed by atoms with Gasteiger partial charge >= 0.3 is 0 Å². The standard InChI is InChI=1S/C10H12FN/c1-3-10(12-2)8-6-4-5-7-9(8)11/h3-7,12H,1-2H3/b10-3-. The predicted octanol–water partition coefficient (Wildman–Crippen LogP) is 2.41. The molecule has 0 aliphatic carbocycles. The van der Waals surface area contributed by atoms with E-state index in [-0.39, 0.29) is 5.82 Å². The Bertz CT molecular complexity index is 292. The Labute approximate surface area is 71.9 Å². The van der Waals surface area contributed by atoms with Crippen LogP contribution >= 0.6 is 0 Å². The largest absolute Gasteiger partial charge is 0.388 e. The molecule has 1 N–H and O–H groups in total. The highest BCUT2D eigenvalue weighted by atomic mass is 19.1. The van der Waals surface area contributed by atoms with Crippen LogP contribution in [0.4, 0.5) is 4.39 Å². The maximum Gasteiger partial charge on any atom is 0.132 e. The van der Waals surface area contributed by atoms with Gasteiger partial charge in [0.15, 0.2) is 0 Å². The number of benzene rings is 1. The Morgan fingerprint density at radius 3 is 2.58 bits per heavy atom. The van der Waals surface area contributed by atoms with E-state index in [1.54, 1.807) is 19.2 Å². The van der Waals surface area contributed by atoms with Gasteiger partial charge in [-0.2, -0.15) is 0 Å². The zero-order chi connectivity index (χ0) is 8.97. The number of hydrogen-bond acceptors (Lipinski definition) is 1. The molecule has 0 unspecified atom stereocenters. The van der Waals surface area contributed by atoms with Crippen LogP contribution in [0.2, 0.25) is 0 Å². The number of allylic oxidation sites excluding steroid dienone is 1. The second kappa shape index (κ2) is 3.90. The molecule has 1 nitrogen and oxygen atoms in total. The van der Waals surface area contributed by atoms with E-state index >= 15 is 0 Å². The molecule has 0 aliphatic rings. The molecule has 0 radical (unpaired) electrons. The topological polar surface area (TPSA) is 12.0 Å². The van der Waals surface area contributed by atoms with Crippen LogP contribution in [0.1, 0.15) is 12.5 Å².